The monoisotopic (exact) mass is 219 g/mol. The molecule has 1 saturated carbocycles. The number of nitrogens with one attached hydrogen (secondary N) is 1. The lowest BCUT2D eigenvalue weighted by atomic mass is 10.2. The maximum Gasteiger partial charge on any atom is 0.338 e. The molecule has 0 heterocycles. The summed E-state index contributed by atoms with van der Waals surface area (Å²) in [5.41, 5.74) is 1.68. The topological polar surface area (TPSA) is 38.3 Å². The number of rotatable bonds is 5. The number of ether oxygens (including phenoxy) is 1. The molecule has 0 spiro atoms. The summed E-state index contributed by atoms with van der Waals surface area (Å²) in [5.74, 6) is 0.598. The van der Waals surface area contributed by atoms with Crippen molar-refractivity contribution in [2.45, 2.75) is 19.8 Å². The van der Waals surface area contributed by atoms with Crippen LogP contribution in [0, 0.1) is 5.92 Å². The molecule has 0 amide bonds. The number of carbonyl (C=O) groups excluding carboxylic acids is 1. The first-order valence-electron chi connectivity index (χ1n) is 5.80. The normalized spacial score (nSPS) is 14.6. The van der Waals surface area contributed by atoms with E-state index in [-0.39, 0.29) is 5.97 Å². The molecule has 16 heavy (non-hydrogen) atoms. The van der Waals surface area contributed by atoms with Gasteiger partial charge in [0.2, 0.25) is 0 Å². The Kier molecular flexibility index (Phi) is 3.44. The van der Waals surface area contributed by atoms with Crippen LogP contribution in [0.15, 0.2) is 24.3 Å². The zero-order chi connectivity index (χ0) is 11.4. The Morgan fingerprint density at radius 2 is 2.06 bits per heavy atom. The summed E-state index contributed by atoms with van der Waals surface area (Å²) in [7, 11) is 0. The fourth-order valence-electron chi connectivity index (χ4n) is 1.52. The fourth-order valence-corrected chi connectivity index (χ4v) is 1.52. The highest BCUT2D eigenvalue weighted by Gasteiger charge is 2.20. The SMILES string of the molecule is CCOC(=O)c1ccc(NCC2CC2)cc1. The first-order chi connectivity index (χ1) is 7.79. The van der Waals surface area contributed by atoms with E-state index in [1.54, 1.807) is 12.1 Å². The molecule has 0 saturated heterocycles. The molecule has 86 valence electrons. The van der Waals surface area contributed by atoms with Gasteiger partial charge in [0.25, 0.3) is 0 Å². The number of benzene rings is 1. The Bertz CT molecular complexity index is 355. The average Bonchev–Trinajstić information content (AvgIpc) is 3.11. The van der Waals surface area contributed by atoms with Crippen LogP contribution in [-0.4, -0.2) is 19.1 Å². The van der Waals surface area contributed by atoms with Crippen molar-refractivity contribution in [2.75, 3.05) is 18.5 Å². The first kappa shape index (κ1) is 11.0. The van der Waals surface area contributed by atoms with Crippen molar-refractivity contribution in [3.8, 4) is 0 Å². The van der Waals surface area contributed by atoms with E-state index in [1.807, 2.05) is 19.1 Å². The third kappa shape index (κ3) is 2.99. The van der Waals surface area contributed by atoms with Gasteiger partial charge in [0, 0.05) is 12.2 Å². The molecule has 2 rings (SSSR count). The Morgan fingerprint density at radius 3 is 2.62 bits per heavy atom. The lowest BCUT2D eigenvalue weighted by Gasteiger charge is -2.06. The van der Waals surface area contributed by atoms with Crippen LogP contribution in [0.25, 0.3) is 0 Å². The molecular weight excluding hydrogens is 202 g/mol. The second kappa shape index (κ2) is 5.01. The van der Waals surface area contributed by atoms with Crippen LogP contribution in [0.4, 0.5) is 5.69 Å². The van der Waals surface area contributed by atoms with Gasteiger partial charge in [0.15, 0.2) is 0 Å². The molecule has 0 aliphatic heterocycles. The Labute approximate surface area is 95.8 Å². The van der Waals surface area contributed by atoms with E-state index in [1.165, 1.54) is 12.8 Å². The fraction of sp³-hybridized carbons (Fsp3) is 0.462. The summed E-state index contributed by atoms with van der Waals surface area (Å²) >= 11 is 0. The third-order valence-corrected chi connectivity index (χ3v) is 2.69. The molecule has 0 radical (unpaired) electrons. The van der Waals surface area contributed by atoms with Crippen LogP contribution in [0.3, 0.4) is 0 Å². The molecule has 0 aromatic heterocycles. The van der Waals surface area contributed by atoms with E-state index in [2.05, 4.69) is 5.32 Å². The largest absolute Gasteiger partial charge is 0.462 e. The zero-order valence-electron chi connectivity index (χ0n) is 9.53. The quantitative estimate of drug-likeness (QED) is 0.774. The number of anilines is 1. The smallest absolute Gasteiger partial charge is 0.338 e. The molecule has 3 heteroatoms. The van der Waals surface area contributed by atoms with Crippen molar-refractivity contribution >= 4 is 11.7 Å². The highest BCUT2D eigenvalue weighted by atomic mass is 16.5. The van der Waals surface area contributed by atoms with E-state index in [0.29, 0.717) is 12.2 Å². The number of carbonyl (C=O) groups is 1. The van der Waals surface area contributed by atoms with E-state index < -0.39 is 0 Å². The Balaban J connectivity index is 1.89. The van der Waals surface area contributed by atoms with Crippen molar-refractivity contribution in [1.29, 1.82) is 0 Å². The van der Waals surface area contributed by atoms with Crippen molar-refractivity contribution < 1.29 is 9.53 Å². The van der Waals surface area contributed by atoms with E-state index in [4.69, 9.17) is 4.74 Å². The second-order valence-electron chi connectivity index (χ2n) is 4.12. The van der Waals surface area contributed by atoms with Gasteiger partial charge in [-0.15, -0.1) is 0 Å². The molecule has 1 N–H and O–H groups in total. The maximum atomic E-state index is 11.4. The molecule has 1 aliphatic rings. The third-order valence-electron chi connectivity index (χ3n) is 2.69. The minimum absolute atomic E-state index is 0.253. The van der Waals surface area contributed by atoms with Gasteiger partial charge in [0.05, 0.1) is 12.2 Å². The molecule has 0 atom stereocenters. The van der Waals surface area contributed by atoms with Gasteiger partial charge in [-0.1, -0.05) is 0 Å². The predicted molar refractivity (Wildman–Crippen MR) is 63.6 cm³/mol. The Hall–Kier alpha value is -1.51. The summed E-state index contributed by atoms with van der Waals surface area (Å²) in [4.78, 5) is 11.4. The van der Waals surface area contributed by atoms with Gasteiger partial charge in [0.1, 0.15) is 0 Å². The van der Waals surface area contributed by atoms with Crippen LogP contribution < -0.4 is 5.32 Å². The van der Waals surface area contributed by atoms with Crippen LogP contribution in [0.1, 0.15) is 30.1 Å². The van der Waals surface area contributed by atoms with Crippen molar-refractivity contribution in [2.24, 2.45) is 5.92 Å². The van der Waals surface area contributed by atoms with E-state index >= 15 is 0 Å². The van der Waals surface area contributed by atoms with Crippen molar-refractivity contribution in [3.05, 3.63) is 29.8 Å². The number of hydrogen-bond acceptors (Lipinski definition) is 3. The molecule has 3 nitrogen and oxygen atoms in total. The van der Waals surface area contributed by atoms with Gasteiger partial charge in [-0.05, 0) is 49.9 Å². The summed E-state index contributed by atoms with van der Waals surface area (Å²) < 4.78 is 4.92. The first-order valence-corrected chi connectivity index (χ1v) is 5.80. The standard InChI is InChI=1S/C13H17NO2/c1-2-16-13(15)11-5-7-12(8-6-11)14-9-10-3-4-10/h5-8,10,14H,2-4,9H2,1H3. The molecule has 0 unspecified atom stereocenters. The highest BCUT2D eigenvalue weighted by Crippen LogP contribution is 2.28. The average molecular weight is 219 g/mol. The van der Waals surface area contributed by atoms with Crippen LogP contribution in [-0.2, 0) is 4.74 Å². The van der Waals surface area contributed by atoms with Gasteiger partial charge in [-0.3, -0.25) is 0 Å². The Morgan fingerprint density at radius 1 is 1.38 bits per heavy atom. The molecular formula is C13H17NO2. The summed E-state index contributed by atoms with van der Waals surface area (Å²) in [5, 5.41) is 3.35. The summed E-state index contributed by atoms with van der Waals surface area (Å²) in [6.07, 6.45) is 2.68. The zero-order valence-corrected chi connectivity index (χ0v) is 9.53. The van der Waals surface area contributed by atoms with Crippen molar-refractivity contribution in [3.63, 3.8) is 0 Å². The van der Waals surface area contributed by atoms with E-state index in [0.717, 1.165) is 18.2 Å². The summed E-state index contributed by atoms with van der Waals surface area (Å²) in [6, 6.07) is 7.45. The molecule has 1 fully saturated rings. The maximum absolute atomic E-state index is 11.4. The number of esters is 1. The van der Waals surface area contributed by atoms with Crippen LogP contribution in [0.2, 0.25) is 0 Å². The minimum Gasteiger partial charge on any atom is -0.462 e. The second-order valence-corrected chi connectivity index (χ2v) is 4.12. The highest BCUT2D eigenvalue weighted by molar-refractivity contribution is 5.89. The van der Waals surface area contributed by atoms with Crippen LogP contribution in [0.5, 0.6) is 0 Å². The molecule has 1 aliphatic carbocycles. The van der Waals surface area contributed by atoms with Gasteiger partial charge < -0.3 is 10.1 Å². The van der Waals surface area contributed by atoms with Crippen molar-refractivity contribution in [1.82, 2.24) is 0 Å². The predicted octanol–water partition coefficient (Wildman–Crippen LogP) is 2.69. The van der Waals surface area contributed by atoms with Gasteiger partial charge in [-0.2, -0.15) is 0 Å². The van der Waals surface area contributed by atoms with Gasteiger partial charge in [-0.25, -0.2) is 4.79 Å². The lowest BCUT2D eigenvalue weighted by molar-refractivity contribution is 0.0526. The van der Waals surface area contributed by atoms with Gasteiger partial charge >= 0.3 is 5.97 Å². The minimum atomic E-state index is -0.253. The summed E-state index contributed by atoms with van der Waals surface area (Å²) in [6.45, 7) is 3.27. The number of hydrogen-bond donors (Lipinski definition) is 1. The molecule has 0 bridgehead atoms. The lowest BCUT2D eigenvalue weighted by Crippen LogP contribution is -2.06. The molecule has 1 aromatic rings. The van der Waals surface area contributed by atoms with Crippen LogP contribution >= 0.6 is 0 Å². The molecule has 1 aromatic carbocycles. The van der Waals surface area contributed by atoms with E-state index in [9.17, 15) is 4.79 Å².